The van der Waals surface area contributed by atoms with Crippen molar-refractivity contribution < 1.29 is 4.43 Å². The summed E-state index contributed by atoms with van der Waals surface area (Å²) in [6.45, 7) is 15.0. The number of hydrogen-bond acceptors (Lipinski definition) is 2. The largest absolute Gasteiger partial charge is 0.413 e. The lowest BCUT2D eigenvalue weighted by Gasteiger charge is -2.53. The van der Waals surface area contributed by atoms with Gasteiger partial charge in [0.15, 0.2) is 8.32 Å². The molecule has 3 atom stereocenters. The van der Waals surface area contributed by atoms with Crippen LogP contribution in [-0.2, 0) is 4.43 Å². The number of nitrogens with zero attached hydrogens (tertiary/aromatic N) is 1. The molecule has 0 radical (unpaired) electrons. The van der Waals surface area contributed by atoms with Crippen molar-refractivity contribution in [1.29, 1.82) is 0 Å². The van der Waals surface area contributed by atoms with Gasteiger partial charge < -0.3 is 9.33 Å². The van der Waals surface area contributed by atoms with E-state index in [1.165, 1.54) is 37.2 Å². The second-order valence-electron chi connectivity index (χ2n) is 8.06. The van der Waals surface area contributed by atoms with Crippen molar-refractivity contribution in [2.24, 2.45) is 5.92 Å². The lowest BCUT2D eigenvalue weighted by molar-refractivity contribution is 0.0693. The second-order valence-corrected chi connectivity index (χ2v) is 13.2. The van der Waals surface area contributed by atoms with E-state index in [2.05, 4.69) is 45.7 Å². The molecule has 0 N–H and O–H groups in total. The minimum Gasteiger partial charge on any atom is -0.413 e. The summed E-state index contributed by atoms with van der Waals surface area (Å²) in [4.78, 5) is 3.64. The van der Waals surface area contributed by atoms with Crippen molar-refractivity contribution in [2.45, 2.75) is 83.7 Å². The van der Waals surface area contributed by atoms with Crippen LogP contribution in [-0.4, -0.2) is 36.9 Å². The molecular formula is C16H31NOSSi. The first-order chi connectivity index (χ1) is 9.15. The Labute approximate surface area is 131 Å². The van der Waals surface area contributed by atoms with Crippen molar-refractivity contribution in [3.8, 4) is 0 Å². The zero-order valence-corrected chi connectivity index (χ0v) is 15.8. The number of hydrogen-bond donors (Lipinski definition) is 0. The van der Waals surface area contributed by atoms with Crippen LogP contribution in [0, 0.1) is 5.92 Å². The van der Waals surface area contributed by atoms with E-state index in [4.69, 9.17) is 16.6 Å². The quantitative estimate of drug-likeness (QED) is 0.558. The molecule has 0 saturated carbocycles. The molecule has 4 heteroatoms. The van der Waals surface area contributed by atoms with Gasteiger partial charge in [0.2, 0.25) is 0 Å². The number of thiocarbonyl (C=S) groups is 1. The van der Waals surface area contributed by atoms with Crippen molar-refractivity contribution in [3.05, 3.63) is 0 Å². The minimum atomic E-state index is -1.69. The molecule has 2 rings (SSSR count). The molecule has 116 valence electrons. The predicted octanol–water partition coefficient (Wildman–Crippen LogP) is 4.60. The third kappa shape index (κ3) is 2.97. The van der Waals surface area contributed by atoms with E-state index >= 15 is 0 Å². The minimum absolute atomic E-state index is 0.274. The van der Waals surface area contributed by atoms with E-state index in [-0.39, 0.29) is 11.1 Å². The molecular weight excluding hydrogens is 282 g/mol. The van der Waals surface area contributed by atoms with E-state index in [0.717, 1.165) is 0 Å². The highest BCUT2D eigenvalue weighted by Gasteiger charge is 2.49. The first-order valence-electron chi connectivity index (χ1n) is 8.13. The monoisotopic (exact) mass is 313 g/mol. The molecule has 0 bridgehead atoms. The average molecular weight is 314 g/mol. The molecule has 0 aliphatic carbocycles. The summed E-state index contributed by atoms with van der Waals surface area (Å²) in [6, 6.07) is 0.657. The third-order valence-corrected chi connectivity index (χ3v) is 10.7. The van der Waals surface area contributed by atoms with Gasteiger partial charge in [0, 0.05) is 12.6 Å². The molecule has 0 aromatic carbocycles. The SMILES string of the molecule is C[C@@H](O[Si](C)(C)C(C)(C)C)[C@H]1C(=S)N2CCCCC[C@H]12. The smallest absolute Gasteiger partial charge is 0.192 e. The topological polar surface area (TPSA) is 12.5 Å². The van der Waals surface area contributed by atoms with Gasteiger partial charge in [-0.3, -0.25) is 0 Å². The lowest BCUT2D eigenvalue weighted by Crippen LogP contribution is -2.64. The molecule has 2 aliphatic heterocycles. The van der Waals surface area contributed by atoms with Gasteiger partial charge in [0.25, 0.3) is 0 Å². The number of fused-ring (bicyclic) bond motifs is 1. The maximum Gasteiger partial charge on any atom is 0.192 e. The summed E-state index contributed by atoms with van der Waals surface area (Å²) in [7, 11) is -1.69. The Bertz CT molecular complexity index is 377. The van der Waals surface area contributed by atoms with Crippen LogP contribution in [0.25, 0.3) is 0 Å². The van der Waals surface area contributed by atoms with E-state index in [1.807, 2.05) is 0 Å². The Morgan fingerprint density at radius 2 is 1.90 bits per heavy atom. The van der Waals surface area contributed by atoms with Crippen LogP contribution in [0.15, 0.2) is 0 Å². The molecule has 0 unspecified atom stereocenters. The van der Waals surface area contributed by atoms with Gasteiger partial charge in [-0.25, -0.2) is 0 Å². The molecule has 2 fully saturated rings. The first kappa shape index (κ1) is 16.4. The van der Waals surface area contributed by atoms with Gasteiger partial charge >= 0.3 is 0 Å². The summed E-state index contributed by atoms with van der Waals surface area (Å²) < 4.78 is 6.59. The Hall–Kier alpha value is 0.0669. The Kier molecular flexibility index (Phi) is 4.68. The second kappa shape index (κ2) is 5.69. The fraction of sp³-hybridized carbons (Fsp3) is 0.938. The first-order valence-corrected chi connectivity index (χ1v) is 11.4. The average Bonchev–Trinajstić information content (AvgIpc) is 2.49. The number of rotatable bonds is 3. The van der Waals surface area contributed by atoms with Crippen LogP contribution < -0.4 is 0 Å². The van der Waals surface area contributed by atoms with E-state index in [9.17, 15) is 0 Å². The maximum absolute atomic E-state index is 6.59. The molecule has 0 amide bonds. The van der Waals surface area contributed by atoms with Gasteiger partial charge in [0.1, 0.15) is 0 Å². The zero-order chi connectivity index (χ0) is 15.1. The summed E-state index contributed by atoms with van der Waals surface area (Å²) >= 11 is 5.68. The van der Waals surface area contributed by atoms with E-state index < -0.39 is 8.32 Å². The van der Waals surface area contributed by atoms with Gasteiger partial charge in [-0.1, -0.05) is 45.8 Å². The summed E-state index contributed by atoms with van der Waals surface area (Å²) in [5.41, 5.74) is 0. The van der Waals surface area contributed by atoms with Crippen molar-refractivity contribution in [3.63, 3.8) is 0 Å². The molecule has 2 heterocycles. The maximum atomic E-state index is 6.59. The molecule has 2 saturated heterocycles. The highest BCUT2D eigenvalue weighted by Crippen LogP contribution is 2.42. The van der Waals surface area contributed by atoms with Gasteiger partial charge in [0.05, 0.1) is 17.0 Å². The Morgan fingerprint density at radius 3 is 2.50 bits per heavy atom. The summed E-state index contributed by atoms with van der Waals surface area (Å²) in [5, 5.41) is 0.274. The molecule has 0 aromatic heterocycles. The van der Waals surface area contributed by atoms with Crippen LogP contribution in [0.1, 0.15) is 53.4 Å². The Balaban J connectivity index is 2.03. The van der Waals surface area contributed by atoms with Crippen LogP contribution in [0.2, 0.25) is 18.1 Å². The van der Waals surface area contributed by atoms with Crippen LogP contribution in [0.4, 0.5) is 0 Å². The fourth-order valence-corrected chi connectivity index (χ4v) is 5.29. The van der Waals surface area contributed by atoms with Crippen LogP contribution >= 0.6 is 12.2 Å². The van der Waals surface area contributed by atoms with Crippen LogP contribution in [0.3, 0.4) is 0 Å². The van der Waals surface area contributed by atoms with E-state index in [1.54, 1.807) is 0 Å². The Morgan fingerprint density at radius 1 is 1.25 bits per heavy atom. The van der Waals surface area contributed by atoms with Crippen molar-refractivity contribution in [1.82, 2.24) is 4.90 Å². The predicted molar refractivity (Wildman–Crippen MR) is 92.8 cm³/mol. The zero-order valence-electron chi connectivity index (χ0n) is 14.0. The normalized spacial score (nSPS) is 29.5. The molecule has 2 nitrogen and oxygen atoms in total. The van der Waals surface area contributed by atoms with Gasteiger partial charge in [-0.15, -0.1) is 0 Å². The summed E-state index contributed by atoms with van der Waals surface area (Å²) in [5.74, 6) is 0.484. The molecule has 0 aromatic rings. The molecule has 20 heavy (non-hydrogen) atoms. The summed E-state index contributed by atoms with van der Waals surface area (Å²) in [6.07, 6.45) is 5.60. The van der Waals surface area contributed by atoms with Crippen molar-refractivity contribution >= 4 is 25.5 Å². The fourth-order valence-electron chi connectivity index (χ4n) is 3.28. The van der Waals surface area contributed by atoms with Crippen LogP contribution in [0.5, 0.6) is 0 Å². The third-order valence-electron chi connectivity index (χ3n) is 5.57. The standard InChI is InChI=1S/C16H31NOSSi/c1-12(18-20(5,6)16(2,3)4)14-13-10-8-7-9-11-17(13)15(14)19/h12-14H,7-11H2,1-6H3/t12-,13-,14-/m1/s1. The van der Waals surface area contributed by atoms with Gasteiger partial charge in [-0.05, 0) is 37.9 Å². The van der Waals surface area contributed by atoms with Gasteiger partial charge in [-0.2, -0.15) is 0 Å². The van der Waals surface area contributed by atoms with E-state index in [0.29, 0.717) is 12.0 Å². The molecule has 0 spiro atoms. The van der Waals surface area contributed by atoms with Crippen molar-refractivity contribution in [2.75, 3.05) is 6.54 Å². The molecule has 2 aliphatic rings. The highest BCUT2D eigenvalue weighted by atomic mass is 32.1. The lowest BCUT2D eigenvalue weighted by atomic mass is 9.82. The highest BCUT2D eigenvalue weighted by molar-refractivity contribution is 7.80.